The molecule has 144 valence electrons. The van der Waals surface area contributed by atoms with Gasteiger partial charge >= 0.3 is 29.6 Å². The molecule has 0 spiro atoms. The third kappa shape index (κ3) is 3.42. The van der Waals surface area contributed by atoms with E-state index in [2.05, 4.69) is 6.92 Å². The summed E-state index contributed by atoms with van der Waals surface area (Å²) in [6, 6.07) is 0. The first kappa shape index (κ1) is 21.7. The van der Waals surface area contributed by atoms with E-state index >= 15 is 0 Å². The molecule has 3 saturated carbocycles. The summed E-state index contributed by atoms with van der Waals surface area (Å²) in [5, 5.41) is 0. The van der Waals surface area contributed by atoms with Crippen LogP contribution in [0.5, 0.6) is 0 Å². The molecule has 27 heavy (non-hydrogen) atoms. The van der Waals surface area contributed by atoms with Crippen molar-refractivity contribution >= 4 is 22.0 Å². The van der Waals surface area contributed by atoms with Crippen LogP contribution < -0.4 is 29.6 Å². The Morgan fingerprint density at radius 3 is 2.52 bits per heavy atom. The third-order valence-corrected chi connectivity index (χ3v) is 8.26. The van der Waals surface area contributed by atoms with Crippen LogP contribution in [0.2, 0.25) is 0 Å². The van der Waals surface area contributed by atoms with Gasteiger partial charge in [-0.05, 0) is 55.4 Å². The minimum absolute atomic E-state index is 0. The fraction of sp³-hybridized carbons (Fsp3) is 0.789. The van der Waals surface area contributed by atoms with Crippen LogP contribution in [0.4, 0.5) is 0 Å². The molecule has 0 bridgehead atoms. The Hall–Kier alpha value is -0.0500. The van der Waals surface area contributed by atoms with E-state index in [1.54, 1.807) is 6.08 Å². The predicted octanol–water partition coefficient (Wildman–Crippen LogP) is -0.453. The quantitative estimate of drug-likeness (QED) is 0.351. The summed E-state index contributed by atoms with van der Waals surface area (Å²) in [7, 11) is -4.79. The molecule has 0 aromatic heterocycles. The van der Waals surface area contributed by atoms with Crippen LogP contribution in [0, 0.1) is 28.6 Å². The Labute approximate surface area is 182 Å². The van der Waals surface area contributed by atoms with Gasteiger partial charge in [0, 0.05) is 24.2 Å². The van der Waals surface area contributed by atoms with E-state index in [1.165, 1.54) is 0 Å². The molecule has 8 heteroatoms. The molecule has 4 rings (SSSR count). The van der Waals surface area contributed by atoms with E-state index in [4.69, 9.17) is 4.18 Å². The van der Waals surface area contributed by atoms with E-state index in [0.29, 0.717) is 19.3 Å². The van der Waals surface area contributed by atoms with Gasteiger partial charge in [0.15, 0.2) is 5.78 Å². The molecule has 0 N–H and O–H groups in total. The van der Waals surface area contributed by atoms with Gasteiger partial charge in [0.05, 0.1) is 6.10 Å². The molecular formula is C19H25NaO6S. The Bertz CT molecular complexity index is 805. The number of Topliss-reactive ketones (excluding diaryl/α,β-unsaturated/α-hetero) is 1. The van der Waals surface area contributed by atoms with Gasteiger partial charge in [0.1, 0.15) is 5.78 Å². The first-order valence-electron chi connectivity index (χ1n) is 9.45. The van der Waals surface area contributed by atoms with Crippen molar-refractivity contribution in [1.29, 1.82) is 0 Å². The average molecular weight is 404 g/mol. The number of carbonyl (C=O) groups is 2. The monoisotopic (exact) mass is 404 g/mol. The topological polar surface area (TPSA) is 101 Å². The van der Waals surface area contributed by atoms with Crippen LogP contribution in [0.1, 0.15) is 58.8 Å². The molecule has 0 heterocycles. The Morgan fingerprint density at radius 1 is 1.15 bits per heavy atom. The molecule has 0 saturated heterocycles. The van der Waals surface area contributed by atoms with E-state index in [-0.39, 0.29) is 70.7 Å². The van der Waals surface area contributed by atoms with Crippen LogP contribution in [0.25, 0.3) is 0 Å². The van der Waals surface area contributed by atoms with E-state index in [9.17, 15) is 22.6 Å². The van der Waals surface area contributed by atoms with Crippen LogP contribution in [-0.2, 0) is 24.2 Å². The normalized spacial score (nSPS) is 43.9. The molecule has 4 aliphatic carbocycles. The smallest absolute Gasteiger partial charge is 0.726 e. The average Bonchev–Trinajstić information content (AvgIpc) is 2.82. The molecule has 0 radical (unpaired) electrons. The van der Waals surface area contributed by atoms with Crippen LogP contribution in [-0.4, -0.2) is 30.6 Å². The summed E-state index contributed by atoms with van der Waals surface area (Å²) in [5.41, 5.74) is 0.247. The largest absolute Gasteiger partial charge is 1.00 e. The summed E-state index contributed by atoms with van der Waals surface area (Å²) in [4.78, 5) is 25.1. The fourth-order valence-electron chi connectivity index (χ4n) is 6.64. The molecule has 0 aromatic rings. The van der Waals surface area contributed by atoms with Crippen molar-refractivity contribution in [1.82, 2.24) is 0 Å². The molecule has 4 aliphatic rings. The zero-order valence-corrected chi connectivity index (χ0v) is 19.0. The second-order valence-electron chi connectivity index (χ2n) is 9.06. The first-order chi connectivity index (χ1) is 12.0. The van der Waals surface area contributed by atoms with Gasteiger partial charge in [-0.3, -0.25) is 13.8 Å². The van der Waals surface area contributed by atoms with Crippen LogP contribution in [0.3, 0.4) is 0 Å². The number of allylic oxidation sites excluding steroid dienone is 1. The Balaban J connectivity index is 0.00000210. The van der Waals surface area contributed by atoms with Gasteiger partial charge in [-0.1, -0.05) is 19.4 Å². The first-order valence-corrected chi connectivity index (χ1v) is 10.8. The van der Waals surface area contributed by atoms with Gasteiger partial charge in [-0.15, -0.1) is 0 Å². The summed E-state index contributed by atoms with van der Waals surface area (Å²) in [6.45, 7) is 4.03. The summed E-state index contributed by atoms with van der Waals surface area (Å²) >= 11 is 0. The third-order valence-electron chi connectivity index (χ3n) is 7.80. The number of carbonyl (C=O) groups excluding carboxylic acids is 2. The summed E-state index contributed by atoms with van der Waals surface area (Å²) in [5.74, 6) is 0.512. The van der Waals surface area contributed by atoms with Gasteiger partial charge in [0.2, 0.25) is 10.4 Å². The van der Waals surface area contributed by atoms with Crippen LogP contribution >= 0.6 is 0 Å². The van der Waals surface area contributed by atoms with Crippen molar-refractivity contribution in [2.24, 2.45) is 28.6 Å². The zero-order valence-electron chi connectivity index (χ0n) is 16.2. The van der Waals surface area contributed by atoms with Crippen molar-refractivity contribution in [3.05, 3.63) is 11.6 Å². The number of fused-ring (bicyclic) bond motifs is 5. The minimum atomic E-state index is -4.79. The Kier molecular flexibility index (Phi) is 5.63. The molecule has 0 aromatic carbocycles. The second kappa shape index (κ2) is 7.03. The minimum Gasteiger partial charge on any atom is -0.726 e. The standard InChI is InChI=1S/C19H26O6S.Na/c1-18-8-7-12(20)9-11(18)3-4-13-14-5-6-16(25-26(22,23)24)19(14,2)10-15(21)17(13)18;/h9,13-14,16-17H,3-8,10H2,1-2H3,(H,22,23,24);/q;+1/p-1/t13-,14-,16-,17+,18-,19-;/m0./s1. The van der Waals surface area contributed by atoms with Gasteiger partial charge in [0.25, 0.3) is 0 Å². The van der Waals surface area contributed by atoms with Crippen LogP contribution in [0.15, 0.2) is 11.6 Å². The van der Waals surface area contributed by atoms with Crippen molar-refractivity contribution in [3.8, 4) is 0 Å². The predicted molar refractivity (Wildman–Crippen MR) is 91.7 cm³/mol. The number of hydrogen-bond donors (Lipinski definition) is 0. The maximum Gasteiger partial charge on any atom is 1.00 e. The molecule has 3 fully saturated rings. The maximum absolute atomic E-state index is 13.2. The van der Waals surface area contributed by atoms with E-state index in [0.717, 1.165) is 24.8 Å². The molecular weight excluding hydrogens is 379 g/mol. The fourth-order valence-corrected chi connectivity index (χ4v) is 7.24. The van der Waals surface area contributed by atoms with Gasteiger partial charge in [-0.2, -0.15) is 0 Å². The number of ketones is 2. The molecule has 0 amide bonds. The zero-order chi connectivity index (χ0) is 18.9. The molecule has 0 unspecified atom stereocenters. The van der Waals surface area contributed by atoms with Crippen molar-refractivity contribution in [2.75, 3.05) is 0 Å². The molecule has 6 atom stereocenters. The van der Waals surface area contributed by atoms with Gasteiger partial charge in [-0.25, -0.2) is 8.42 Å². The maximum atomic E-state index is 13.2. The van der Waals surface area contributed by atoms with Crippen molar-refractivity contribution in [3.63, 3.8) is 0 Å². The van der Waals surface area contributed by atoms with E-state index in [1.807, 2.05) is 6.92 Å². The van der Waals surface area contributed by atoms with Crippen molar-refractivity contribution < 1.29 is 56.3 Å². The summed E-state index contributed by atoms with van der Waals surface area (Å²) < 4.78 is 38.3. The molecule has 0 aliphatic heterocycles. The Morgan fingerprint density at radius 2 is 1.85 bits per heavy atom. The van der Waals surface area contributed by atoms with Gasteiger partial charge < -0.3 is 4.55 Å². The summed E-state index contributed by atoms with van der Waals surface area (Å²) in [6.07, 6.45) is 5.41. The van der Waals surface area contributed by atoms with Crippen molar-refractivity contribution in [2.45, 2.75) is 64.9 Å². The second-order valence-corrected chi connectivity index (χ2v) is 10.1. The number of rotatable bonds is 2. The van der Waals surface area contributed by atoms with E-state index < -0.39 is 21.9 Å². The number of hydrogen-bond acceptors (Lipinski definition) is 6. The molecule has 6 nitrogen and oxygen atoms in total. The SMILES string of the molecule is C[C@]12CC(=O)[C@H]3[C@@H](CCC4=CC(=O)CC[C@@]43C)[C@@H]1CC[C@@H]2OS(=O)(=O)[O-].[Na+].